The largest absolute Gasteiger partial charge is 0.417 e. The van der Waals surface area contributed by atoms with Crippen molar-refractivity contribution in [1.82, 2.24) is 0 Å². The lowest BCUT2D eigenvalue weighted by molar-refractivity contribution is -0.137. The molecule has 0 saturated heterocycles. The molecule has 0 saturated carbocycles. The van der Waals surface area contributed by atoms with Crippen LogP contribution in [-0.2, 0) is 6.18 Å². The SMILES string of the molecule is N#Cc1ccc(C2=CC(c3ccc4c5c(-c6ccccc6)c6c(cc7c8ccccc8c8cccc6c87)c(-c6ccccc6)c5c5cccc3c54)CC=C2)c(C(F)(F)F)c1. The summed E-state index contributed by atoms with van der Waals surface area (Å²) in [6.07, 6.45) is 1.78. The van der Waals surface area contributed by atoms with Gasteiger partial charge in [-0.05, 0) is 139 Å². The van der Waals surface area contributed by atoms with Crippen LogP contribution in [0.1, 0.15) is 34.6 Å². The normalized spacial score (nSPS) is 14.7. The highest BCUT2D eigenvalue weighted by Crippen LogP contribution is 2.55. The fraction of sp³-hybridized carbons (Fsp3) is 0.0536. The molecule has 0 fully saturated rings. The van der Waals surface area contributed by atoms with Gasteiger partial charge in [-0.2, -0.15) is 18.4 Å². The third kappa shape index (κ3) is 4.87. The molecular weight excluding hydrogens is 744 g/mol. The smallest absolute Gasteiger partial charge is 0.192 e. The monoisotopic (exact) mass is 775 g/mol. The van der Waals surface area contributed by atoms with Gasteiger partial charge in [0, 0.05) is 5.92 Å². The quantitative estimate of drug-likeness (QED) is 0.163. The van der Waals surface area contributed by atoms with Gasteiger partial charge in [0.2, 0.25) is 0 Å². The van der Waals surface area contributed by atoms with E-state index < -0.39 is 11.7 Å². The highest BCUT2D eigenvalue weighted by molar-refractivity contribution is 6.44. The number of benzene rings is 9. The second-order valence-electron chi connectivity index (χ2n) is 16.0. The number of alkyl halides is 3. The van der Waals surface area contributed by atoms with E-state index in [2.05, 4.69) is 140 Å². The Bertz CT molecular complexity index is 3660. The second-order valence-corrected chi connectivity index (χ2v) is 16.0. The van der Waals surface area contributed by atoms with Crippen LogP contribution in [0.25, 0.3) is 103 Å². The number of halogens is 3. The molecule has 0 aliphatic heterocycles. The molecule has 0 amide bonds. The molecule has 1 aliphatic carbocycles. The first kappa shape index (κ1) is 34.6. The lowest BCUT2D eigenvalue weighted by Gasteiger charge is -2.21. The number of nitrogens with zero attached hydrogens (tertiary/aromatic N) is 1. The summed E-state index contributed by atoms with van der Waals surface area (Å²) < 4.78 is 43.3. The summed E-state index contributed by atoms with van der Waals surface area (Å²) >= 11 is 0. The van der Waals surface area contributed by atoms with Crippen molar-refractivity contribution in [3.05, 3.63) is 198 Å². The first-order valence-corrected chi connectivity index (χ1v) is 20.3. The number of nitriles is 1. The van der Waals surface area contributed by atoms with Gasteiger partial charge in [-0.3, -0.25) is 0 Å². The minimum Gasteiger partial charge on any atom is -0.192 e. The minimum absolute atomic E-state index is 0.0147. The van der Waals surface area contributed by atoms with E-state index in [0.717, 1.165) is 44.3 Å². The number of allylic oxidation sites excluding steroid dienone is 4. The summed E-state index contributed by atoms with van der Waals surface area (Å²) in [5.41, 5.74) is 5.53. The Hall–Kier alpha value is -7.48. The van der Waals surface area contributed by atoms with Crippen molar-refractivity contribution < 1.29 is 13.2 Å². The molecule has 1 atom stereocenters. The van der Waals surface area contributed by atoms with Gasteiger partial charge in [0.15, 0.2) is 0 Å². The molecular formula is C56H32F3N. The van der Waals surface area contributed by atoms with E-state index in [0.29, 0.717) is 12.0 Å². The Balaban J connectivity index is 1.22. The molecule has 0 spiro atoms. The van der Waals surface area contributed by atoms with Crippen LogP contribution in [0.5, 0.6) is 0 Å². The molecule has 4 heteroatoms. The van der Waals surface area contributed by atoms with Gasteiger partial charge >= 0.3 is 6.18 Å². The molecule has 1 unspecified atom stereocenters. The second kappa shape index (κ2) is 12.8. The van der Waals surface area contributed by atoms with Crippen LogP contribution in [0.15, 0.2) is 176 Å². The predicted molar refractivity (Wildman–Crippen MR) is 243 cm³/mol. The molecule has 60 heavy (non-hydrogen) atoms. The Morgan fingerprint density at radius 1 is 0.483 bits per heavy atom. The third-order valence-electron chi connectivity index (χ3n) is 12.9. The van der Waals surface area contributed by atoms with Crippen LogP contribution in [-0.4, -0.2) is 0 Å². The fourth-order valence-electron chi connectivity index (χ4n) is 10.5. The van der Waals surface area contributed by atoms with Crippen molar-refractivity contribution in [2.45, 2.75) is 18.5 Å². The number of hydrogen-bond acceptors (Lipinski definition) is 1. The average Bonchev–Trinajstić information content (AvgIpc) is 3.80. The maximum absolute atomic E-state index is 14.4. The summed E-state index contributed by atoms with van der Waals surface area (Å²) in [5, 5.41) is 26.3. The van der Waals surface area contributed by atoms with E-state index in [4.69, 9.17) is 0 Å². The van der Waals surface area contributed by atoms with E-state index in [-0.39, 0.29) is 17.0 Å². The van der Waals surface area contributed by atoms with Crippen molar-refractivity contribution in [2.75, 3.05) is 0 Å². The maximum atomic E-state index is 14.4. The van der Waals surface area contributed by atoms with Crippen molar-refractivity contribution in [1.29, 1.82) is 5.26 Å². The summed E-state index contributed by atoms with van der Waals surface area (Å²) in [6.45, 7) is 0. The molecule has 0 bridgehead atoms. The topological polar surface area (TPSA) is 23.8 Å². The Morgan fingerprint density at radius 2 is 1.07 bits per heavy atom. The van der Waals surface area contributed by atoms with E-state index in [1.807, 2.05) is 18.2 Å². The van der Waals surface area contributed by atoms with Gasteiger partial charge in [-0.1, -0.05) is 158 Å². The molecule has 0 N–H and O–H groups in total. The van der Waals surface area contributed by atoms with Gasteiger partial charge < -0.3 is 0 Å². The molecule has 1 aliphatic rings. The van der Waals surface area contributed by atoms with Gasteiger partial charge in [-0.25, -0.2) is 0 Å². The molecule has 11 aromatic carbocycles. The van der Waals surface area contributed by atoms with E-state index in [9.17, 15) is 18.4 Å². The standard InChI is InChI=1S/C56H32F3N/c57-56(58,59)48-28-32(31-60)24-25-38(48)36-17-9-16-35(29-36)37-26-27-45-51-41(37)20-10-23-44(51)54-49(33-12-3-1-4-13-33)47-30-46-40-19-8-7-18-39(40)42-21-11-22-43(52(42)46)53(47)50(55(45)54)34-14-5-2-6-15-34/h1-15,17-30,35H,16H2. The average molecular weight is 776 g/mol. The molecule has 0 heterocycles. The lowest BCUT2D eigenvalue weighted by Crippen LogP contribution is -2.10. The van der Waals surface area contributed by atoms with Crippen molar-refractivity contribution in [3.8, 4) is 28.3 Å². The Labute approximate surface area is 343 Å². The Morgan fingerprint density at radius 3 is 1.78 bits per heavy atom. The maximum Gasteiger partial charge on any atom is 0.417 e. The number of hydrogen-bond donors (Lipinski definition) is 0. The first-order chi connectivity index (χ1) is 29.4. The highest BCUT2D eigenvalue weighted by Gasteiger charge is 2.35. The third-order valence-corrected chi connectivity index (χ3v) is 12.9. The lowest BCUT2D eigenvalue weighted by atomic mass is 9.83. The van der Waals surface area contributed by atoms with Crippen LogP contribution in [0.4, 0.5) is 13.2 Å². The van der Waals surface area contributed by atoms with Crippen LogP contribution >= 0.6 is 0 Å². The zero-order valence-electron chi connectivity index (χ0n) is 32.1. The number of rotatable bonds is 4. The number of fused-ring (bicyclic) bond motifs is 8. The molecule has 282 valence electrons. The van der Waals surface area contributed by atoms with Crippen LogP contribution in [0.2, 0.25) is 0 Å². The fourth-order valence-corrected chi connectivity index (χ4v) is 10.5. The highest BCUT2D eigenvalue weighted by atomic mass is 19.4. The summed E-state index contributed by atoms with van der Waals surface area (Å²) in [5.74, 6) is -0.168. The first-order valence-electron chi connectivity index (χ1n) is 20.3. The minimum atomic E-state index is -4.61. The van der Waals surface area contributed by atoms with Gasteiger partial charge in [-0.15, -0.1) is 0 Å². The van der Waals surface area contributed by atoms with Crippen LogP contribution < -0.4 is 0 Å². The van der Waals surface area contributed by atoms with Crippen molar-refractivity contribution >= 4 is 81.0 Å². The Kier molecular flexibility index (Phi) is 7.35. The molecule has 11 aromatic rings. The van der Waals surface area contributed by atoms with Gasteiger partial charge in [0.1, 0.15) is 0 Å². The van der Waals surface area contributed by atoms with E-state index >= 15 is 0 Å². The summed E-state index contributed by atoms with van der Waals surface area (Å²) in [7, 11) is 0. The zero-order valence-corrected chi connectivity index (χ0v) is 32.1. The zero-order chi connectivity index (χ0) is 40.3. The van der Waals surface area contributed by atoms with Crippen molar-refractivity contribution in [2.24, 2.45) is 0 Å². The van der Waals surface area contributed by atoms with Crippen molar-refractivity contribution in [3.63, 3.8) is 0 Å². The van der Waals surface area contributed by atoms with E-state index in [1.54, 1.807) is 6.08 Å². The van der Waals surface area contributed by atoms with Crippen LogP contribution in [0, 0.1) is 11.3 Å². The van der Waals surface area contributed by atoms with E-state index in [1.165, 1.54) is 77.1 Å². The van der Waals surface area contributed by atoms with Gasteiger partial charge in [0.25, 0.3) is 0 Å². The van der Waals surface area contributed by atoms with Crippen LogP contribution in [0.3, 0.4) is 0 Å². The molecule has 0 aromatic heterocycles. The summed E-state index contributed by atoms with van der Waals surface area (Å²) in [6, 6.07) is 56.2. The molecule has 12 rings (SSSR count). The van der Waals surface area contributed by atoms with Gasteiger partial charge in [0.05, 0.1) is 17.2 Å². The molecule has 1 nitrogen and oxygen atoms in total. The predicted octanol–water partition coefficient (Wildman–Crippen LogP) is 16.0. The summed E-state index contributed by atoms with van der Waals surface area (Å²) in [4.78, 5) is 0. The molecule has 0 radical (unpaired) electrons.